The first-order chi connectivity index (χ1) is 11.3. The summed E-state index contributed by atoms with van der Waals surface area (Å²) in [4.78, 5) is 18.7. The third-order valence-electron chi connectivity index (χ3n) is 3.89. The van der Waals surface area contributed by atoms with Crippen LogP contribution in [0, 0.1) is 0 Å². The first kappa shape index (κ1) is 15.5. The number of pyridine rings is 1. The molecule has 1 aliphatic heterocycles. The zero-order valence-electron chi connectivity index (χ0n) is 13.1. The summed E-state index contributed by atoms with van der Waals surface area (Å²) in [5, 5.41) is 2.93. The molecule has 0 unspecified atom stereocenters. The minimum Gasteiger partial charge on any atom is -0.378 e. The largest absolute Gasteiger partial charge is 0.378 e. The number of aromatic nitrogens is 1. The van der Waals surface area contributed by atoms with Gasteiger partial charge in [-0.2, -0.15) is 0 Å². The van der Waals surface area contributed by atoms with Crippen molar-refractivity contribution in [2.45, 2.75) is 6.42 Å². The van der Waals surface area contributed by atoms with Gasteiger partial charge in [0.1, 0.15) is 5.69 Å². The molecular formula is C18H21N3O2. The van der Waals surface area contributed by atoms with Gasteiger partial charge in [0, 0.05) is 31.5 Å². The van der Waals surface area contributed by atoms with Crippen molar-refractivity contribution in [3.05, 3.63) is 59.9 Å². The minimum atomic E-state index is -0.129. The van der Waals surface area contributed by atoms with Gasteiger partial charge in [0.2, 0.25) is 0 Å². The summed E-state index contributed by atoms with van der Waals surface area (Å²) >= 11 is 0. The van der Waals surface area contributed by atoms with Crippen LogP contribution in [-0.2, 0) is 11.2 Å². The van der Waals surface area contributed by atoms with Crippen LogP contribution in [0.15, 0.2) is 48.7 Å². The summed E-state index contributed by atoms with van der Waals surface area (Å²) in [7, 11) is 0. The Morgan fingerprint density at radius 3 is 2.74 bits per heavy atom. The number of nitrogens with zero attached hydrogens (tertiary/aromatic N) is 2. The summed E-state index contributed by atoms with van der Waals surface area (Å²) in [5.41, 5.74) is 2.70. The van der Waals surface area contributed by atoms with E-state index in [4.69, 9.17) is 4.74 Å². The van der Waals surface area contributed by atoms with E-state index < -0.39 is 0 Å². The number of hydrogen-bond acceptors (Lipinski definition) is 4. The third-order valence-corrected chi connectivity index (χ3v) is 3.89. The van der Waals surface area contributed by atoms with E-state index in [-0.39, 0.29) is 5.91 Å². The lowest BCUT2D eigenvalue weighted by atomic mass is 10.1. The van der Waals surface area contributed by atoms with Gasteiger partial charge in [0.25, 0.3) is 5.91 Å². The second-order valence-electron chi connectivity index (χ2n) is 5.49. The van der Waals surface area contributed by atoms with Gasteiger partial charge >= 0.3 is 0 Å². The van der Waals surface area contributed by atoms with E-state index in [1.165, 1.54) is 5.56 Å². The standard InChI is InChI=1S/C18H21N3O2/c22-18(20-8-6-15-4-2-1-3-5-15)17-14-16(7-9-19-17)21-10-12-23-13-11-21/h1-5,7,9,14H,6,8,10-13H2,(H,20,22). The molecule has 1 aromatic heterocycles. The SMILES string of the molecule is O=C(NCCc1ccccc1)c1cc(N2CCOCC2)ccn1. The van der Waals surface area contributed by atoms with Crippen molar-refractivity contribution < 1.29 is 9.53 Å². The lowest BCUT2D eigenvalue weighted by molar-refractivity contribution is 0.0949. The fourth-order valence-electron chi connectivity index (χ4n) is 2.62. The van der Waals surface area contributed by atoms with Gasteiger partial charge in [-0.25, -0.2) is 0 Å². The van der Waals surface area contributed by atoms with Gasteiger partial charge in [-0.1, -0.05) is 30.3 Å². The number of amides is 1. The van der Waals surface area contributed by atoms with Crippen molar-refractivity contribution in [2.24, 2.45) is 0 Å². The highest BCUT2D eigenvalue weighted by Crippen LogP contribution is 2.16. The molecule has 23 heavy (non-hydrogen) atoms. The number of benzene rings is 1. The molecule has 2 aromatic rings. The van der Waals surface area contributed by atoms with Crippen molar-refractivity contribution in [3.8, 4) is 0 Å². The quantitative estimate of drug-likeness (QED) is 0.916. The zero-order chi connectivity index (χ0) is 15.9. The predicted octanol–water partition coefficient (Wildman–Crippen LogP) is 1.89. The maximum absolute atomic E-state index is 12.3. The molecule has 1 aliphatic rings. The molecule has 0 bridgehead atoms. The Labute approximate surface area is 136 Å². The summed E-state index contributed by atoms with van der Waals surface area (Å²) < 4.78 is 5.36. The zero-order valence-corrected chi connectivity index (χ0v) is 13.1. The van der Waals surface area contributed by atoms with Gasteiger partial charge in [-0.05, 0) is 24.1 Å². The maximum atomic E-state index is 12.3. The molecule has 120 valence electrons. The molecule has 0 radical (unpaired) electrons. The summed E-state index contributed by atoms with van der Waals surface area (Å²) in [6, 6.07) is 13.9. The molecule has 1 fully saturated rings. The maximum Gasteiger partial charge on any atom is 0.269 e. The van der Waals surface area contributed by atoms with Crippen LogP contribution in [0.1, 0.15) is 16.1 Å². The number of anilines is 1. The van der Waals surface area contributed by atoms with Crippen LogP contribution >= 0.6 is 0 Å². The van der Waals surface area contributed by atoms with Crippen LogP contribution in [-0.4, -0.2) is 43.7 Å². The van der Waals surface area contributed by atoms with Crippen molar-refractivity contribution in [1.82, 2.24) is 10.3 Å². The highest BCUT2D eigenvalue weighted by molar-refractivity contribution is 5.93. The Morgan fingerprint density at radius 1 is 1.17 bits per heavy atom. The summed E-state index contributed by atoms with van der Waals surface area (Å²) in [6.07, 6.45) is 2.51. The molecular weight excluding hydrogens is 290 g/mol. The number of nitrogens with one attached hydrogen (secondary N) is 1. The molecule has 0 atom stereocenters. The van der Waals surface area contributed by atoms with E-state index in [1.807, 2.05) is 30.3 Å². The topological polar surface area (TPSA) is 54.5 Å². The van der Waals surface area contributed by atoms with E-state index in [9.17, 15) is 4.79 Å². The van der Waals surface area contributed by atoms with Gasteiger partial charge in [0.15, 0.2) is 0 Å². The molecule has 0 saturated carbocycles. The van der Waals surface area contributed by atoms with Crippen molar-refractivity contribution in [3.63, 3.8) is 0 Å². The Balaban J connectivity index is 1.56. The lowest BCUT2D eigenvalue weighted by Crippen LogP contribution is -2.36. The lowest BCUT2D eigenvalue weighted by Gasteiger charge is -2.28. The van der Waals surface area contributed by atoms with Gasteiger partial charge in [-0.15, -0.1) is 0 Å². The molecule has 0 spiro atoms. The van der Waals surface area contributed by atoms with Crippen LogP contribution in [0.2, 0.25) is 0 Å². The van der Waals surface area contributed by atoms with E-state index >= 15 is 0 Å². The van der Waals surface area contributed by atoms with Crippen LogP contribution in [0.5, 0.6) is 0 Å². The molecule has 1 amide bonds. The van der Waals surface area contributed by atoms with Gasteiger partial charge in [-0.3, -0.25) is 9.78 Å². The molecule has 3 rings (SSSR count). The number of carbonyl (C=O) groups excluding carboxylic acids is 1. The summed E-state index contributed by atoms with van der Waals surface area (Å²) in [5.74, 6) is -0.129. The summed E-state index contributed by atoms with van der Waals surface area (Å²) in [6.45, 7) is 3.74. The Kier molecular flexibility index (Phi) is 5.21. The van der Waals surface area contributed by atoms with Crippen LogP contribution in [0.3, 0.4) is 0 Å². The highest BCUT2D eigenvalue weighted by atomic mass is 16.5. The molecule has 0 aliphatic carbocycles. The predicted molar refractivity (Wildman–Crippen MR) is 89.7 cm³/mol. The molecule has 1 N–H and O–H groups in total. The number of rotatable bonds is 5. The second kappa shape index (κ2) is 7.74. The van der Waals surface area contributed by atoms with Crippen molar-refractivity contribution in [2.75, 3.05) is 37.7 Å². The van der Waals surface area contributed by atoms with E-state index in [0.29, 0.717) is 12.2 Å². The van der Waals surface area contributed by atoms with Crippen LogP contribution < -0.4 is 10.2 Å². The first-order valence-corrected chi connectivity index (χ1v) is 7.94. The third kappa shape index (κ3) is 4.29. The monoisotopic (exact) mass is 311 g/mol. The number of carbonyl (C=O) groups is 1. The van der Waals surface area contributed by atoms with Crippen LogP contribution in [0.4, 0.5) is 5.69 Å². The van der Waals surface area contributed by atoms with Crippen LogP contribution in [0.25, 0.3) is 0 Å². The highest BCUT2D eigenvalue weighted by Gasteiger charge is 2.14. The number of ether oxygens (including phenoxy) is 1. The Bertz CT molecular complexity index is 640. The molecule has 5 heteroatoms. The Hall–Kier alpha value is -2.40. The van der Waals surface area contributed by atoms with E-state index in [2.05, 4.69) is 27.3 Å². The molecule has 5 nitrogen and oxygen atoms in total. The number of morpholine rings is 1. The van der Waals surface area contributed by atoms with Crippen molar-refractivity contribution >= 4 is 11.6 Å². The van der Waals surface area contributed by atoms with E-state index in [0.717, 1.165) is 38.4 Å². The molecule has 1 aromatic carbocycles. The normalized spacial score (nSPS) is 14.5. The Morgan fingerprint density at radius 2 is 1.96 bits per heavy atom. The average molecular weight is 311 g/mol. The number of hydrogen-bond donors (Lipinski definition) is 1. The fourth-order valence-corrected chi connectivity index (χ4v) is 2.62. The smallest absolute Gasteiger partial charge is 0.269 e. The minimum absolute atomic E-state index is 0.129. The van der Waals surface area contributed by atoms with Gasteiger partial charge < -0.3 is 15.0 Å². The molecule has 2 heterocycles. The average Bonchev–Trinajstić information content (AvgIpc) is 2.63. The molecule has 1 saturated heterocycles. The van der Waals surface area contributed by atoms with E-state index in [1.54, 1.807) is 6.20 Å². The second-order valence-corrected chi connectivity index (χ2v) is 5.49. The fraction of sp³-hybridized carbons (Fsp3) is 0.333. The van der Waals surface area contributed by atoms with Gasteiger partial charge in [0.05, 0.1) is 13.2 Å². The first-order valence-electron chi connectivity index (χ1n) is 7.94. The van der Waals surface area contributed by atoms with Crippen molar-refractivity contribution in [1.29, 1.82) is 0 Å².